The third-order valence-corrected chi connectivity index (χ3v) is 3.26. The summed E-state index contributed by atoms with van der Waals surface area (Å²) in [5.74, 6) is 0. The Morgan fingerprint density at radius 1 is 1.18 bits per heavy atom. The highest BCUT2D eigenvalue weighted by atomic mass is 16.3. The van der Waals surface area contributed by atoms with Gasteiger partial charge in [-0.3, -0.25) is 14.8 Å². The van der Waals surface area contributed by atoms with Gasteiger partial charge >= 0.3 is 0 Å². The second kappa shape index (κ2) is 6.10. The SMILES string of the molecule is Cc1ccc(CN2CCN(CCO)CC2)cn1. The lowest BCUT2D eigenvalue weighted by Crippen LogP contribution is -2.46. The molecule has 1 aliphatic heterocycles. The molecule has 0 aliphatic carbocycles. The van der Waals surface area contributed by atoms with Crippen LogP contribution in [0.15, 0.2) is 18.3 Å². The van der Waals surface area contributed by atoms with E-state index >= 15 is 0 Å². The van der Waals surface area contributed by atoms with Crippen molar-refractivity contribution in [3.8, 4) is 0 Å². The lowest BCUT2D eigenvalue weighted by molar-refractivity contribution is 0.108. The average Bonchev–Trinajstić information content (AvgIpc) is 2.35. The molecule has 0 spiro atoms. The molecular weight excluding hydrogens is 214 g/mol. The number of hydrogen-bond donors (Lipinski definition) is 1. The minimum Gasteiger partial charge on any atom is -0.395 e. The molecule has 1 N–H and O–H groups in total. The largest absolute Gasteiger partial charge is 0.395 e. The first-order valence-electron chi connectivity index (χ1n) is 6.25. The summed E-state index contributed by atoms with van der Waals surface area (Å²) in [6, 6.07) is 4.22. The van der Waals surface area contributed by atoms with Gasteiger partial charge in [-0.05, 0) is 18.6 Å². The molecule has 0 bridgehead atoms. The summed E-state index contributed by atoms with van der Waals surface area (Å²) in [7, 11) is 0. The highest BCUT2D eigenvalue weighted by Gasteiger charge is 2.16. The first-order valence-corrected chi connectivity index (χ1v) is 6.25. The van der Waals surface area contributed by atoms with E-state index in [9.17, 15) is 0 Å². The maximum atomic E-state index is 8.88. The molecule has 1 aromatic heterocycles. The van der Waals surface area contributed by atoms with Crippen molar-refractivity contribution in [2.45, 2.75) is 13.5 Å². The molecule has 4 nitrogen and oxygen atoms in total. The molecule has 0 saturated carbocycles. The molecule has 0 unspecified atom stereocenters. The minimum absolute atomic E-state index is 0.266. The number of aromatic nitrogens is 1. The van der Waals surface area contributed by atoms with E-state index < -0.39 is 0 Å². The Morgan fingerprint density at radius 2 is 1.88 bits per heavy atom. The predicted molar refractivity (Wildman–Crippen MR) is 67.8 cm³/mol. The molecule has 1 saturated heterocycles. The third-order valence-electron chi connectivity index (χ3n) is 3.26. The van der Waals surface area contributed by atoms with Crippen LogP contribution in [-0.2, 0) is 6.54 Å². The summed E-state index contributed by atoms with van der Waals surface area (Å²) in [5.41, 5.74) is 2.35. The fourth-order valence-electron chi connectivity index (χ4n) is 2.16. The smallest absolute Gasteiger partial charge is 0.0558 e. The standard InChI is InChI=1S/C13H21N3O/c1-12-2-3-13(10-14-12)11-16-6-4-15(5-7-16)8-9-17/h2-3,10,17H,4-9,11H2,1H3. The van der Waals surface area contributed by atoms with E-state index in [2.05, 4.69) is 26.9 Å². The van der Waals surface area contributed by atoms with Crippen molar-refractivity contribution in [3.05, 3.63) is 29.6 Å². The van der Waals surface area contributed by atoms with Crippen LogP contribution < -0.4 is 0 Å². The Morgan fingerprint density at radius 3 is 2.47 bits per heavy atom. The number of aryl methyl sites for hydroxylation is 1. The first kappa shape index (κ1) is 12.5. The van der Waals surface area contributed by atoms with E-state index in [-0.39, 0.29) is 6.61 Å². The van der Waals surface area contributed by atoms with Crippen molar-refractivity contribution >= 4 is 0 Å². The van der Waals surface area contributed by atoms with Gasteiger partial charge in [0, 0.05) is 51.2 Å². The maximum Gasteiger partial charge on any atom is 0.0558 e. The van der Waals surface area contributed by atoms with Crippen LogP contribution in [0.5, 0.6) is 0 Å². The Bertz CT molecular complexity index is 331. The van der Waals surface area contributed by atoms with Crippen LogP contribution in [0.1, 0.15) is 11.3 Å². The van der Waals surface area contributed by atoms with E-state index in [0.29, 0.717) is 0 Å². The monoisotopic (exact) mass is 235 g/mol. The molecule has 2 heterocycles. The molecule has 1 fully saturated rings. The second-order valence-corrected chi connectivity index (χ2v) is 4.65. The van der Waals surface area contributed by atoms with Gasteiger partial charge in [0.2, 0.25) is 0 Å². The predicted octanol–water partition coefficient (Wildman–Crippen LogP) is 0.500. The fraction of sp³-hybridized carbons (Fsp3) is 0.615. The average molecular weight is 235 g/mol. The van der Waals surface area contributed by atoms with Crippen molar-refractivity contribution in [3.63, 3.8) is 0 Å². The fourth-order valence-corrected chi connectivity index (χ4v) is 2.16. The molecule has 0 aromatic carbocycles. The zero-order valence-corrected chi connectivity index (χ0v) is 10.5. The van der Waals surface area contributed by atoms with Gasteiger partial charge in [0.15, 0.2) is 0 Å². The van der Waals surface area contributed by atoms with Crippen molar-refractivity contribution in [1.82, 2.24) is 14.8 Å². The Balaban J connectivity index is 1.79. The lowest BCUT2D eigenvalue weighted by atomic mass is 10.2. The van der Waals surface area contributed by atoms with Gasteiger partial charge in [-0.15, -0.1) is 0 Å². The maximum absolute atomic E-state index is 8.88. The summed E-state index contributed by atoms with van der Waals surface area (Å²) >= 11 is 0. The van der Waals surface area contributed by atoms with Gasteiger partial charge in [0.1, 0.15) is 0 Å². The van der Waals surface area contributed by atoms with Crippen molar-refractivity contribution in [2.24, 2.45) is 0 Å². The second-order valence-electron chi connectivity index (χ2n) is 4.65. The van der Waals surface area contributed by atoms with Crippen molar-refractivity contribution in [2.75, 3.05) is 39.3 Å². The molecule has 2 rings (SSSR count). The Kier molecular flexibility index (Phi) is 4.48. The zero-order valence-electron chi connectivity index (χ0n) is 10.5. The Hall–Kier alpha value is -0.970. The molecule has 94 valence electrons. The summed E-state index contributed by atoms with van der Waals surface area (Å²) in [6.07, 6.45) is 1.97. The number of aliphatic hydroxyl groups is 1. The van der Waals surface area contributed by atoms with Crippen LogP contribution in [0.2, 0.25) is 0 Å². The highest BCUT2D eigenvalue weighted by molar-refractivity contribution is 5.13. The van der Waals surface area contributed by atoms with Gasteiger partial charge in [-0.25, -0.2) is 0 Å². The molecule has 0 radical (unpaired) electrons. The normalized spacial score (nSPS) is 18.5. The van der Waals surface area contributed by atoms with Gasteiger partial charge < -0.3 is 5.11 Å². The van der Waals surface area contributed by atoms with Crippen LogP contribution in [0.3, 0.4) is 0 Å². The summed E-state index contributed by atoms with van der Waals surface area (Å²) in [5, 5.41) is 8.88. The zero-order chi connectivity index (χ0) is 12.1. The molecule has 1 aliphatic rings. The van der Waals surface area contributed by atoms with Crippen LogP contribution in [0.4, 0.5) is 0 Å². The van der Waals surface area contributed by atoms with Gasteiger partial charge in [0.25, 0.3) is 0 Å². The number of aliphatic hydroxyl groups excluding tert-OH is 1. The molecule has 1 aromatic rings. The van der Waals surface area contributed by atoms with Gasteiger partial charge in [-0.2, -0.15) is 0 Å². The van der Waals surface area contributed by atoms with Gasteiger partial charge in [0.05, 0.1) is 6.61 Å². The number of rotatable bonds is 4. The topological polar surface area (TPSA) is 39.6 Å². The summed E-state index contributed by atoms with van der Waals surface area (Å²) in [4.78, 5) is 9.07. The lowest BCUT2D eigenvalue weighted by Gasteiger charge is -2.34. The van der Waals surface area contributed by atoms with Crippen LogP contribution in [0.25, 0.3) is 0 Å². The van der Waals surface area contributed by atoms with E-state index in [1.165, 1.54) is 5.56 Å². The van der Waals surface area contributed by atoms with Crippen molar-refractivity contribution < 1.29 is 5.11 Å². The first-order chi connectivity index (χ1) is 8.28. The van der Waals surface area contributed by atoms with E-state index in [0.717, 1.165) is 45.0 Å². The van der Waals surface area contributed by atoms with Gasteiger partial charge in [-0.1, -0.05) is 6.07 Å². The minimum atomic E-state index is 0.266. The number of hydrogen-bond acceptors (Lipinski definition) is 4. The van der Waals surface area contributed by atoms with E-state index in [1.807, 2.05) is 13.1 Å². The van der Waals surface area contributed by atoms with E-state index in [4.69, 9.17) is 5.11 Å². The third kappa shape index (κ3) is 3.77. The van der Waals surface area contributed by atoms with Crippen molar-refractivity contribution in [1.29, 1.82) is 0 Å². The van der Waals surface area contributed by atoms with Crippen LogP contribution >= 0.6 is 0 Å². The molecule has 4 heteroatoms. The molecule has 17 heavy (non-hydrogen) atoms. The van der Waals surface area contributed by atoms with Crippen LogP contribution in [-0.4, -0.2) is 59.2 Å². The highest BCUT2D eigenvalue weighted by Crippen LogP contribution is 2.07. The molecule has 0 atom stereocenters. The van der Waals surface area contributed by atoms with E-state index in [1.54, 1.807) is 0 Å². The number of piperazine rings is 1. The van der Waals surface area contributed by atoms with Crippen LogP contribution in [0, 0.1) is 6.92 Å². The molecular formula is C13H21N3O. The summed E-state index contributed by atoms with van der Waals surface area (Å²) in [6.45, 7) is 8.33. The number of β-amino-alcohol motifs (C(OH)–C–C–N with tert-alkyl or cyclic N) is 1. The molecule has 0 amide bonds. The number of nitrogens with zero attached hydrogens (tertiary/aromatic N) is 3. The summed E-state index contributed by atoms with van der Waals surface area (Å²) < 4.78 is 0. The quantitative estimate of drug-likeness (QED) is 0.825. The number of pyridine rings is 1. The Labute approximate surface area is 103 Å².